The van der Waals surface area contributed by atoms with Crippen molar-refractivity contribution in [1.82, 2.24) is 4.72 Å². The second kappa shape index (κ2) is 6.89. The minimum Gasteiger partial charge on any atom is -0.206 e. The van der Waals surface area contributed by atoms with Crippen LogP contribution in [0, 0.1) is 0 Å². The van der Waals surface area contributed by atoms with Gasteiger partial charge < -0.3 is 0 Å². The molecule has 0 fully saturated rings. The molecule has 0 spiro atoms. The Kier molecular flexibility index (Phi) is 5.67. The quantitative estimate of drug-likeness (QED) is 0.719. The Morgan fingerprint density at radius 1 is 1.50 bits per heavy atom. The third kappa shape index (κ3) is 3.84. The summed E-state index contributed by atoms with van der Waals surface area (Å²) in [4.78, 5) is 1.03. The van der Waals surface area contributed by atoms with Crippen LogP contribution in [0.5, 0.6) is 0 Å². The van der Waals surface area contributed by atoms with E-state index in [0.717, 1.165) is 29.1 Å². The standard InChI is InChI=1S/C12H13BrClNO2S3/c1-2-4-9(10-5-3-6-18-10)15-20(16,17)11-7-8(14)12(13)19-11/h3,5-7,9,15H,2,4H2,1H3. The second-order valence-corrected chi connectivity index (χ2v) is 9.86. The predicted molar refractivity (Wildman–Crippen MR) is 89.3 cm³/mol. The van der Waals surface area contributed by atoms with Gasteiger partial charge in [0.05, 0.1) is 14.9 Å². The highest BCUT2D eigenvalue weighted by atomic mass is 79.9. The number of hydrogen-bond acceptors (Lipinski definition) is 4. The fraction of sp³-hybridized carbons (Fsp3) is 0.333. The summed E-state index contributed by atoms with van der Waals surface area (Å²) in [5, 5.41) is 2.36. The first-order valence-corrected chi connectivity index (χ1v) is 10.3. The molecule has 0 saturated heterocycles. The van der Waals surface area contributed by atoms with Gasteiger partial charge in [-0.3, -0.25) is 0 Å². The first kappa shape index (κ1) is 16.5. The van der Waals surface area contributed by atoms with Gasteiger partial charge in [-0.15, -0.1) is 22.7 Å². The lowest BCUT2D eigenvalue weighted by Crippen LogP contribution is -2.27. The highest BCUT2D eigenvalue weighted by Crippen LogP contribution is 2.35. The number of thiophene rings is 2. The number of sulfonamides is 1. The molecule has 110 valence electrons. The van der Waals surface area contributed by atoms with E-state index in [2.05, 4.69) is 20.7 Å². The Balaban J connectivity index is 2.25. The fourth-order valence-electron chi connectivity index (χ4n) is 1.74. The van der Waals surface area contributed by atoms with Crippen LogP contribution >= 0.6 is 50.2 Å². The molecule has 20 heavy (non-hydrogen) atoms. The summed E-state index contributed by atoms with van der Waals surface area (Å²) in [7, 11) is -3.55. The van der Waals surface area contributed by atoms with E-state index in [1.165, 1.54) is 6.07 Å². The number of rotatable bonds is 6. The molecule has 0 aliphatic rings. The molecule has 1 atom stereocenters. The molecular weight excluding hydrogens is 402 g/mol. The summed E-state index contributed by atoms with van der Waals surface area (Å²) in [6.07, 6.45) is 1.67. The Labute approximate surface area is 140 Å². The van der Waals surface area contributed by atoms with Crippen molar-refractivity contribution in [3.05, 3.63) is 37.3 Å². The maximum absolute atomic E-state index is 12.4. The number of nitrogens with one attached hydrogen (secondary N) is 1. The van der Waals surface area contributed by atoms with Gasteiger partial charge in [-0.25, -0.2) is 13.1 Å². The fourth-order valence-corrected chi connectivity index (χ4v) is 6.29. The van der Waals surface area contributed by atoms with Gasteiger partial charge in [0.25, 0.3) is 10.0 Å². The Bertz CT molecular complexity index is 647. The first-order valence-electron chi connectivity index (χ1n) is 5.94. The lowest BCUT2D eigenvalue weighted by molar-refractivity contribution is 0.542. The molecule has 8 heteroatoms. The monoisotopic (exact) mass is 413 g/mol. The zero-order valence-corrected chi connectivity index (χ0v) is 15.4. The summed E-state index contributed by atoms with van der Waals surface area (Å²) in [5.74, 6) is 0. The van der Waals surface area contributed by atoms with Crippen molar-refractivity contribution < 1.29 is 8.42 Å². The summed E-state index contributed by atoms with van der Waals surface area (Å²) < 4.78 is 28.4. The van der Waals surface area contributed by atoms with Crippen molar-refractivity contribution in [1.29, 1.82) is 0 Å². The molecule has 2 aromatic heterocycles. The van der Waals surface area contributed by atoms with Gasteiger partial charge in [0.2, 0.25) is 0 Å². The molecule has 0 aliphatic carbocycles. The van der Waals surface area contributed by atoms with Crippen molar-refractivity contribution >= 4 is 60.2 Å². The van der Waals surface area contributed by atoms with Crippen molar-refractivity contribution in [3.63, 3.8) is 0 Å². The molecule has 0 amide bonds. The summed E-state index contributed by atoms with van der Waals surface area (Å²) in [5.41, 5.74) is 0. The van der Waals surface area contributed by atoms with E-state index >= 15 is 0 Å². The van der Waals surface area contributed by atoms with Crippen LogP contribution in [0.25, 0.3) is 0 Å². The zero-order valence-electron chi connectivity index (χ0n) is 10.6. The van der Waals surface area contributed by atoms with Crippen LogP contribution < -0.4 is 4.72 Å². The van der Waals surface area contributed by atoms with E-state index in [1.54, 1.807) is 11.3 Å². The van der Waals surface area contributed by atoms with Gasteiger partial charge in [-0.05, 0) is 39.9 Å². The Hall–Kier alpha value is 0.0800. The van der Waals surface area contributed by atoms with Gasteiger partial charge in [0, 0.05) is 4.88 Å². The molecule has 0 saturated carbocycles. The third-order valence-electron chi connectivity index (χ3n) is 2.65. The molecule has 3 nitrogen and oxygen atoms in total. The number of hydrogen-bond donors (Lipinski definition) is 1. The van der Waals surface area contributed by atoms with E-state index in [4.69, 9.17) is 11.6 Å². The predicted octanol–water partition coefficient (Wildman–Crippen LogP) is 5.05. The van der Waals surface area contributed by atoms with Gasteiger partial charge >= 0.3 is 0 Å². The second-order valence-electron chi connectivity index (χ2n) is 4.17. The minimum atomic E-state index is -3.55. The molecule has 2 heterocycles. The van der Waals surface area contributed by atoms with E-state index < -0.39 is 10.0 Å². The molecule has 0 aromatic carbocycles. The van der Waals surface area contributed by atoms with Crippen molar-refractivity contribution in [2.24, 2.45) is 0 Å². The highest BCUT2D eigenvalue weighted by Gasteiger charge is 2.24. The highest BCUT2D eigenvalue weighted by molar-refractivity contribution is 9.11. The zero-order chi connectivity index (χ0) is 14.8. The van der Waals surface area contributed by atoms with Crippen molar-refractivity contribution in [2.75, 3.05) is 0 Å². The smallest absolute Gasteiger partial charge is 0.206 e. The lowest BCUT2D eigenvalue weighted by atomic mass is 10.1. The summed E-state index contributed by atoms with van der Waals surface area (Å²) in [6.45, 7) is 2.04. The Morgan fingerprint density at radius 2 is 2.25 bits per heavy atom. The van der Waals surface area contributed by atoms with Crippen LogP contribution in [0.4, 0.5) is 0 Å². The Morgan fingerprint density at radius 3 is 2.75 bits per heavy atom. The molecule has 0 aliphatic heterocycles. The van der Waals surface area contributed by atoms with Crippen molar-refractivity contribution in [2.45, 2.75) is 30.0 Å². The summed E-state index contributed by atoms with van der Waals surface area (Å²) >= 11 is 11.8. The maximum Gasteiger partial charge on any atom is 0.250 e. The van der Waals surface area contributed by atoms with Gasteiger partial charge in [-0.1, -0.05) is 31.0 Å². The topological polar surface area (TPSA) is 46.2 Å². The largest absolute Gasteiger partial charge is 0.250 e. The average Bonchev–Trinajstić information content (AvgIpc) is 3.00. The minimum absolute atomic E-state index is 0.190. The lowest BCUT2D eigenvalue weighted by Gasteiger charge is -2.16. The maximum atomic E-state index is 12.4. The van der Waals surface area contributed by atoms with Crippen molar-refractivity contribution in [3.8, 4) is 0 Å². The first-order chi connectivity index (χ1) is 9.44. The molecule has 2 aromatic rings. The van der Waals surface area contributed by atoms with Gasteiger partial charge in [0.15, 0.2) is 0 Å². The molecule has 1 unspecified atom stereocenters. The van der Waals surface area contributed by atoms with Crippen LogP contribution in [0.2, 0.25) is 5.02 Å². The van der Waals surface area contributed by atoms with E-state index in [9.17, 15) is 8.42 Å². The van der Waals surface area contributed by atoms with Gasteiger partial charge in [0.1, 0.15) is 4.21 Å². The normalized spacial score (nSPS) is 13.6. The average molecular weight is 415 g/mol. The van der Waals surface area contributed by atoms with E-state index in [1.807, 2.05) is 24.4 Å². The SMILES string of the molecule is CCCC(NS(=O)(=O)c1cc(Cl)c(Br)s1)c1cccs1. The number of halogens is 2. The molecule has 1 N–H and O–H groups in total. The molecule has 2 rings (SSSR count). The molecule has 0 radical (unpaired) electrons. The van der Waals surface area contributed by atoms with Gasteiger partial charge in [-0.2, -0.15) is 0 Å². The van der Waals surface area contributed by atoms with Crippen LogP contribution in [-0.4, -0.2) is 8.42 Å². The van der Waals surface area contributed by atoms with E-state index in [-0.39, 0.29) is 10.3 Å². The van der Waals surface area contributed by atoms with Crippen LogP contribution in [0.1, 0.15) is 30.7 Å². The van der Waals surface area contributed by atoms with E-state index in [0.29, 0.717) is 8.81 Å². The van der Waals surface area contributed by atoms with Crippen LogP contribution in [-0.2, 0) is 10.0 Å². The van der Waals surface area contributed by atoms with Crippen LogP contribution in [0.15, 0.2) is 31.6 Å². The third-order valence-corrected chi connectivity index (χ3v) is 8.05. The summed E-state index contributed by atoms with van der Waals surface area (Å²) in [6, 6.07) is 5.15. The van der Waals surface area contributed by atoms with Crippen LogP contribution in [0.3, 0.4) is 0 Å². The molecular formula is C12H13BrClNO2S3. The molecule has 0 bridgehead atoms.